The lowest BCUT2D eigenvalue weighted by molar-refractivity contribution is 0.627. The molecule has 0 fully saturated rings. The van der Waals surface area contributed by atoms with Crippen molar-refractivity contribution < 1.29 is 4.39 Å². The highest BCUT2D eigenvalue weighted by atomic mass is 32.2. The molecule has 4 nitrogen and oxygen atoms in total. The number of nitrogen functional groups attached to an aromatic ring is 1. The number of nitrogens with zero attached hydrogens (tertiary/aromatic N) is 3. The normalized spacial score (nSPS) is 11.9. The Balaban J connectivity index is 2.35. The molecule has 1 aromatic heterocycles. The zero-order valence-electron chi connectivity index (χ0n) is 12.5. The Bertz CT molecular complexity index is 695. The van der Waals surface area contributed by atoms with E-state index >= 15 is 0 Å². The summed E-state index contributed by atoms with van der Waals surface area (Å²) in [4.78, 5) is 8.66. The van der Waals surface area contributed by atoms with E-state index in [9.17, 15) is 9.65 Å². The molecule has 0 spiro atoms. The predicted molar refractivity (Wildman–Crippen MR) is 86.0 cm³/mol. The van der Waals surface area contributed by atoms with Crippen molar-refractivity contribution in [1.82, 2.24) is 9.97 Å². The van der Waals surface area contributed by atoms with Gasteiger partial charge in [-0.2, -0.15) is 5.26 Å². The summed E-state index contributed by atoms with van der Waals surface area (Å²) in [7, 11) is 0. The molecule has 1 atom stereocenters. The van der Waals surface area contributed by atoms with E-state index in [1.807, 2.05) is 0 Å². The topological polar surface area (TPSA) is 75.6 Å². The van der Waals surface area contributed by atoms with Gasteiger partial charge in [0.25, 0.3) is 0 Å². The minimum atomic E-state index is -0.292. The zero-order valence-corrected chi connectivity index (χ0v) is 13.3. The SMILES string of the molecule is CC[C@@H](C)Sc1nc(N)c(C#N)c(Cc2ccc(F)cc2)n1. The van der Waals surface area contributed by atoms with Crippen LogP contribution in [0.2, 0.25) is 0 Å². The number of benzene rings is 1. The number of hydrogen-bond donors (Lipinski definition) is 1. The third-order valence-corrected chi connectivity index (χ3v) is 4.40. The van der Waals surface area contributed by atoms with Gasteiger partial charge in [0.05, 0.1) is 5.69 Å². The van der Waals surface area contributed by atoms with Gasteiger partial charge in [0.1, 0.15) is 23.3 Å². The number of thioether (sulfide) groups is 1. The second kappa shape index (κ2) is 7.23. The lowest BCUT2D eigenvalue weighted by Gasteiger charge is -2.11. The molecule has 0 saturated carbocycles. The predicted octanol–water partition coefficient (Wildman–Crippen LogP) is 3.55. The summed E-state index contributed by atoms with van der Waals surface area (Å²) in [6.07, 6.45) is 1.41. The second-order valence-electron chi connectivity index (χ2n) is 4.96. The van der Waals surface area contributed by atoms with Crippen LogP contribution < -0.4 is 5.73 Å². The van der Waals surface area contributed by atoms with Crippen molar-refractivity contribution in [2.45, 2.75) is 37.1 Å². The zero-order chi connectivity index (χ0) is 16.1. The Morgan fingerprint density at radius 2 is 2.00 bits per heavy atom. The Morgan fingerprint density at radius 1 is 1.32 bits per heavy atom. The number of nitriles is 1. The van der Waals surface area contributed by atoms with Crippen LogP contribution in [0.4, 0.5) is 10.2 Å². The van der Waals surface area contributed by atoms with Crippen LogP contribution in [0.5, 0.6) is 0 Å². The Kier molecular flexibility index (Phi) is 5.34. The summed E-state index contributed by atoms with van der Waals surface area (Å²) in [5.41, 5.74) is 7.62. The Morgan fingerprint density at radius 3 is 2.59 bits per heavy atom. The lowest BCUT2D eigenvalue weighted by Crippen LogP contribution is -2.07. The molecule has 2 rings (SSSR count). The monoisotopic (exact) mass is 316 g/mol. The first-order valence-corrected chi connectivity index (χ1v) is 7.89. The van der Waals surface area contributed by atoms with Crippen molar-refractivity contribution in [2.24, 2.45) is 0 Å². The fourth-order valence-corrected chi connectivity index (χ4v) is 2.70. The van der Waals surface area contributed by atoms with Crippen molar-refractivity contribution in [3.05, 3.63) is 46.9 Å². The standard InChI is InChI=1S/C16H17FN4S/c1-3-10(2)22-16-20-14(13(9-18)15(19)21-16)8-11-4-6-12(17)7-5-11/h4-7,10H,3,8H2,1-2H3,(H2,19,20,21)/t10-/m1/s1. The van der Waals surface area contributed by atoms with Crippen LogP contribution in [-0.2, 0) is 6.42 Å². The van der Waals surface area contributed by atoms with E-state index in [0.717, 1.165) is 12.0 Å². The summed E-state index contributed by atoms with van der Waals surface area (Å²) in [5.74, 6) is -0.0973. The maximum atomic E-state index is 13.0. The van der Waals surface area contributed by atoms with Crippen LogP contribution in [-0.4, -0.2) is 15.2 Å². The molecule has 0 aliphatic carbocycles. The fourth-order valence-electron chi connectivity index (χ4n) is 1.86. The number of anilines is 1. The van der Waals surface area contributed by atoms with Gasteiger partial charge in [-0.1, -0.05) is 37.7 Å². The first kappa shape index (κ1) is 16.2. The number of rotatable bonds is 5. The quantitative estimate of drug-likeness (QED) is 0.674. The molecule has 2 N–H and O–H groups in total. The molecule has 0 saturated heterocycles. The molecule has 1 heterocycles. The number of halogens is 1. The maximum absolute atomic E-state index is 13.0. The van der Waals surface area contributed by atoms with Gasteiger partial charge >= 0.3 is 0 Å². The van der Waals surface area contributed by atoms with Crippen LogP contribution in [0.1, 0.15) is 37.1 Å². The van der Waals surface area contributed by atoms with Gasteiger partial charge in [-0.05, 0) is 24.1 Å². The van der Waals surface area contributed by atoms with E-state index in [4.69, 9.17) is 5.73 Å². The highest BCUT2D eigenvalue weighted by Crippen LogP contribution is 2.25. The highest BCUT2D eigenvalue weighted by Gasteiger charge is 2.14. The first-order valence-electron chi connectivity index (χ1n) is 7.01. The summed E-state index contributed by atoms with van der Waals surface area (Å²) in [5, 5.41) is 10.2. The molecule has 0 aliphatic rings. The van der Waals surface area contributed by atoms with Gasteiger partial charge in [-0.3, -0.25) is 0 Å². The Hall–Kier alpha value is -2.13. The van der Waals surface area contributed by atoms with Crippen LogP contribution in [0.25, 0.3) is 0 Å². The molecule has 0 radical (unpaired) electrons. The van der Waals surface area contributed by atoms with Gasteiger partial charge < -0.3 is 5.73 Å². The maximum Gasteiger partial charge on any atom is 0.190 e. The number of hydrogen-bond acceptors (Lipinski definition) is 5. The average molecular weight is 316 g/mol. The highest BCUT2D eigenvalue weighted by molar-refractivity contribution is 7.99. The first-order chi connectivity index (χ1) is 10.5. The van der Waals surface area contributed by atoms with Crippen molar-refractivity contribution in [3.8, 4) is 6.07 Å². The summed E-state index contributed by atoms with van der Waals surface area (Å²) >= 11 is 1.53. The second-order valence-corrected chi connectivity index (χ2v) is 6.37. The molecular weight excluding hydrogens is 299 g/mol. The lowest BCUT2D eigenvalue weighted by atomic mass is 10.1. The third-order valence-electron chi connectivity index (χ3n) is 3.27. The average Bonchev–Trinajstić information content (AvgIpc) is 2.49. The number of nitrogens with two attached hydrogens (primary N) is 1. The molecule has 0 bridgehead atoms. The molecule has 6 heteroatoms. The molecule has 1 aromatic carbocycles. The van der Waals surface area contributed by atoms with E-state index < -0.39 is 0 Å². The minimum absolute atomic E-state index is 0.195. The van der Waals surface area contributed by atoms with Gasteiger partial charge in [-0.15, -0.1) is 0 Å². The molecule has 0 aliphatic heterocycles. The molecule has 22 heavy (non-hydrogen) atoms. The van der Waals surface area contributed by atoms with Crippen LogP contribution in [0.3, 0.4) is 0 Å². The molecule has 0 amide bonds. The van der Waals surface area contributed by atoms with Crippen molar-refractivity contribution >= 4 is 17.6 Å². The summed E-state index contributed by atoms with van der Waals surface area (Å²) < 4.78 is 13.0. The molecule has 114 valence electrons. The minimum Gasteiger partial charge on any atom is -0.382 e. The van der Waals surface area contributed by atoms with Gasteiger partial charge in [0, 0.05) is 11.7 Å². The molecule has 2 aromatic rings. The fraction of sp³-hybridized carbons (Fsp3) is 0.312. The van der Waals surface area contributed by atoms with Crippen LogP contribution in [0, 0.1) is 17.1 Å². The van der Waals surface area contributed by atoms with E-state index in [2.05, 4.69) is 29.9 Å². The Labute approximate surface area is 133 Å². The van der Waals surface area contributed by atoms with Crippen molar-refractivity contribution in [3.63, 3.8) is 0 Å². The third kappa shape index (κ3) is 3.95. The molecule has 0 unspecified atom stereocenters. The van der Waals surface area contributed by atoms with Crippen molar-refractivity contribution in [2.75, 3.05) is 5.73 Å². The van der Waals surface area contributed by atoms with E-state index in [1.54, 1.807) is 12.1 Å². The largest absolute Gasteiger partial charge is 0.382 e. The van der Waals surface area contributed by atoms with E-state index in [1.165, 1.54) is 23.9 Å². The van der Waals surface area contributed by atoms with Gasteiger partial charge in [0.15, 0.2) is 5.16 Å². The summed E-state index contributed by atoms with van der Waals surface area (Å²) in [6, 6.07) is 8.19. The van der Waals surface area contributed by atoms with Crippen molar-refractivity contribution in [1.29, 1.82) is 5.26 Å². The van der Waals surface area contributed by atoms with E-state index in [0.29, 0.717) is 22.5 Å². The summed E-state index contributed by atoms with van der Waals surface area (Å²) in [6.45, 7) is 4.17. The smallest absolute Gasteiger partial charge is 0.190 e. The van der Waals surface area contributed by atoms with Crippen LogP contribution in [0.15, 0.2) is 29.4 Å². The molecular formula is C16H17FN4S. The van der Waals surface area contributed by atoms with Gasteiger partial charge in [0.2, 0.25) is 0 Å². The van der Waals surface area contributed by atoms with E-state index in [-0.39, 0.29) is 17.2 Å². The number of aromatic nitrogens is 2. The van der Waals surface area contributed by atoms with Gasteiger partial charge in [-0.25, -0.2) is 14.4 Å². The van der Waals surface area contributed by atoms with Crippen LogP contribution >= 0.6 is 11.8 Å².